The minimum atomic E-state index is -1.11. The predicted octanol–water partition coefficient (Wildman–Crippen LogP) is 2.40. The van der Waals surface area contributed by atoms with E-state index in [9.17, 15) is 9.90 Å². The van der Waals surface area contributed by atoms with Crippen LogP contribution in [0.1, 0.15) is 10.5 Å². The summed E-state index contributed by atoms with van der Waals surface area (Å²) in [4.78, 5) is 14.5. The first-order valence-electron chi connectivity index (χ1n) is 4.10. The van der Waals surface area contributed by atoms with E-state index in [0.717, 1.165) is 4.47 Å². The lowest BCUT2D eigenvalue weighted by molar-refractivity contribution is 0.0691. The monoisotopic (exact) mass is 267 g/mol. The molecule has 76 valence electrons. The number of hydrogen-bond donors (Lipinski definition) is 2. The van der Waals surface area contributed by atoms with Crippen molar-refractivity contribution >= 4 is 32.8 Å². The second kappa shape index (κ2) is 3.51. The number of aromatic hydroxyl groups is 1. The minimum Gasteiger partial charge on any atom is -0.506 e. The van der Waals surface area contributed by atoms with E-state index < -0.39 is 5.97 Å². The molecule has 0 amide bonds. The lowest BCUT2D eigenvalue weighted by Gasteiger charge is -2.02. The van der Waals surface area contributed by atoms with E-state index in [0.29, 0.717) is 5.39 Å². The number of halogens is 1. The average Bonchev–Trinajstić information content (AvgIpc) is 2.16. The summed E-state index contributed by atoms with van der Waals surface area (Å²) in [5.41, 5.74) is 0.207. The smallest absolute Gasteiger partial charge is 0.354 e. The zero-order valence-corrected chi connectivity index (χ0v) is 9.02. The number of phenols is 1. The van der Waals surface area contributed by atoms with Gasteiger partial charge >= 0.3 is 5.97 Å². The van der Waals surface area contributed by atoms with Crippen LogP contribution in [0.25, 0.3) is 10.9 Å². The zero-order valence-electron chi connectivity index (χ0n) is 7.44. The van der Waals surface area contributed by atoms with E-state index in [-0.39, 0.29) is 17.0 Å². The Morgan fingerprint density at radius 1 is 1.33 bits per heavy atom. The standard InChI is InChI=1S/C10H6BrNO3/c11-6-3-5-1-2-7(10(14)15)12-9(5)8(13)4-6/h1-4,13H,(H,14,15). The van der Waals surface area contributed by atoms with E-state index in [2.05, 4.69) is 20.9 Å². The van der Waals surface area contributed by atoms with E-state index in [1.54, 1.807) is 12.1 Å². The summed E-state index contributed by atoms with van der Waals surface area (Å²) in [5.74, 6) is -1.15. The third-order valence-corrected chi connectivity index (χ3v) is 2.41. The molecule has 1 aromatic heterocycles. The Morgan fingerprint density at radius 2 is 2.07 bits per heavy atom. The van der Waals surface area contributed by atoms with Crippen molar-refractivity contribution < 1.29 is 15.0 Å². The summed E-state index contributed by atoms with van der Waals surface area (Å²) >= 11 is 3.23. The van der Waals surface area contributed by atoms with Crippen LogP contribution in [0.5, 0.6) is 5.75 Å². The van der Waals surface area contributed by atoms with Crippen LogP contribution < -0.4 is 0 Å². The predicted molar refractivity (Wildman–Crippen MR) is 58.1 cm³/mol. The maximum Gasteiger partial charge on any atom is 0.354 e. The molecule has 2 N–H and O–H groups in total. The molecule has 0 aliphatic rings. The van der Waals surface area contributed by atoms with Crippen molar-refractivity contribution in [2.45, 2.75) is 0 Å². The number of carbonyl (C=O) groups is 1. The van der Waals surface area contributed by atoms with Crippen molar-refractivity contribution in [3.8, 4) is 5.75 Å². The summed E-state index contributed by atoms with van der Waals surface area (Å²) in [6.07, 6.45) is 0. The molecule has 15 heavy (non-hydrogen) atoms. The molecular formula is C10H6BrNO3. The summed E-state index contributed by atoms with van der Waals surface area (Å²) < 4.78 is 0.720. The molecule has 4 nitrogen and oxygen atoms in total. The highest BCUT2D eigenvalue weighted by atomic mass is 79.9. The second-order valence-electron chi connectivity index (χ2n) is 3.00. The SMILES string of the molecule is O=C(O)c1ccc2cc(Br)cc(O)c2n1. The Bertz CT molecular complexity index is 554. The molecule has 2 aromatic rings. The van der Waals surface area contributed by atoms with Gasteiger partial charge in [0.2, 0.25) is 0 Å². The Labute approximate surface area is 93.3 Å². The van der Waals surface area contributed by atoms with E-state index in [1.165, 1.54) is 12.1 Å². The number of aromatic carboxylic acids is 1. The maximum absolute atomic E-state index is 10.7. The van der Waals surface area contributed by atoms with E-state index in [4.69, 9.17) is 5.11 Å². The molecule has 5 heteroatoms. The number of phenolic OH excluding ortho intramolecular Hbond substituents is 1. The van der Waals surface area contributed by atoms with Gasteiger partial charge < -0.3 is 10.2 Å². The van der Waals surface area contributed by atoms with Gasteiger partial charge in [0.05, 0.1) is 0 Å². The molecule has 1 aromatic carbocycles. The number of aromatic nitrogens is 1. The van der Waals surface area contributed by atoms with Gasteiger partial charge in [-0.1, -0.05) is 22.0 Å². The largest absolute Gasteiger partial charge is 0.506 e. The average molecular weight is 268 g/mol. The minimum absolute atomic E-state index is 0.0394. The Morgan fingerprint density at radius 3 is 2.73 bits per heavy atom. The molecule has 0 bridgehead atoms. The Kier molecular flexibility index (Phi) is 2.32. The number of benzene rings is 1. The van der Waals surface area contributed by atoms with Gasteiger partial charge in [0.25, 0.3) is 0 Å². The van der Waals surface area contributed by atoms with Crippen LogP contribution in [-0.2, 0) is 0 Å². The molecule has 0 aliphatic carbocycles. The van der Waals surface area contributed by atoms with Crippen LogP contribution in [0.2, 0.25) is 0 Å². The molecule has 0 unspecified atom stereocenters. The molecule has 2 rings (SSSR count). The van der Waals surface area contributed by atoms with E-state index >= 15 is 0 Å². The highest BCUT2D eigenvalue weighted by molar-refractivity contribution is 9.10. The van der Waals surface area contributed by atoms with Gasteiger partial charge in [-0.25, -0.2) is 9.78 Å². The third kappa shape index (κ3) is 1.78. The van der Waals surface area contributed by atoms with Crippen molar-refractivity contribution in [3.05, 3.63) is 34.4 Å². The van der Waals surface area contributed by atoms with Gasteiger partial charge in [-0.2, -0.15) is 0 Å². The number of rotatable bonds is 1. The molecule has 0 saturated heterocycles. The fourth-order valence-corrected chi connectivity index (χ4v) is 1.76. The summed E-state index contributed by atoms with van der Waals surface area (Å²) in [5, 5.41) is 19.0. The lowest BCUT2D eigenvalue weighted by Crippen LogP contribution is -1.99. The fraction of sp³-hybridized carbons (Fsp3) is 0. The van der Waals surface area contributed by atoms with Crippen molar-refractivity contribution in [2.24, 2.45) is 0 Å². The summed E-state index contributed by atoms with van der Waals surface area (Å²) in [6, 6.07) is 6.24. The number of pyridine rings is 1. The van der Waals surface area contributed by atoms with E-state index in [1.807, 2.05) is 0 Å². The summed E-state index contributed by atoms with van der Waals surface area (Å²) in [7, 11) is 0. The summed E-state index contributed by atoms with van der Waals surface area (Å²) in [6.45, 7) is 0. The van der Waals surface area contributed by atoms with Crippen molar-refractivity contribution in [3.63, 3.8) is 0 Å². The van der Waals surface area contributed by atoms with Gasteiger partial charge in [-0.05, 0) is 18.2 Å². The van der Waals surface area contributed by atoms with Crippen LogP contribution in [0.3, 0.4) is 0 Å². The first kappa shape index (κ1) is 9.92. The number of hydrogen-bond acceptors (Lipinski definition) is 3. The Hall–Kier alpha value is -1.62. The highest BCUT2D eigenvalue weighted by Crippen LogP contribution is 2.27. The van der Waals surface area contributed by atoms with Crippen molar-refractivity contribution in [2.75, 3.05) is 0 Å². The lowest BCUT2D eigenvalue weighted by atomic mass is 10.2. The molecule has 0 radical (unpaired) electrons. The van der Waals surface area contributed by atoms with Gasteiger partial charge in [0.1, 0.15) is 17.0 Å². The molecular weight excluding hydrogens is 262 g/mol. The molecule has 1 heterocycles. The molecule has 0 fully saturated rings. The van der Waals surface area contributed by atoms with Crippen LogP contribution in [0.15, 0.2) is 28.7 Å². The number of carboxylic acid groups (broad SMARTS) is 1. The molecule has 0 saturated carbocycles. The first-order chi connectivity index (χ1) is 7.08. The molecule has 0 spiro atoms. The maximum atomic E-state index is 10.7. The van der Waals surface area contributed by atoms with Gasteiger partial charge in [0.15, 0.2) is 0 Å². The van der Waals surface area contributed by atoms with Crippen molar-refractivity contribution in [1.82, 2.24) is 4.98 Å². The first-order valence-corrected chi connectivity index (χ1v) is 4.90. The quantitative estimate of drug-likeness (QED) is 0.833. The van der Waals surface area contributed by atoms with Gasteiger partial charge in [-0.3, -0.25) is 0 Å². The molecule has 0 aliphatic heterocycles. The van der Waals surface area contributed by atoms with Crippen LogP contribution in [0, 0.1) is 0 Å². The zero-order chi connectivity index (χ0) is 11.0. The van der Waals surface area contributed by atoms with Gasteiger partial charge in [-0.15, -0.1) is 0 Å². The van der Waals surface area contributed by atoms with Crippen molar-refractivity contribution in [1.29, 1.82) is 0 Å². The third-order valence-electron chi connectivity index (χ3n) is 1.96. The fourth-order valence-electron chi connectivity index (χ4n) is 1.30. The molecule has 0 atom stereocenters. The number of carboxylic acids is 1. The highest BCUT2D eigenvalue weighted by Gasteiger charge is 2.08. The normalized spacial score (nSPS) is 10.5. The van der Waals surface area contributed by atoms with Crippen LogP contribution >= 0.6 is 15.9 Å². The topological polar surface area (TPSA) is 70.4 Å². The van der Waals surface area contributed by atoms with Crippen LogP contribution in [-0.4, -0.2) is 21.2 Å². The Balaban J connectivity index is 2.76. The number of fused-ring (bicyclic) bond motifs is 1. The van der Waals surface area contributed by atoms with Crippen LogP contribution in [0.4, 0.5) is 0 Å². The second-order valence-corrected chi connectivity index (χ2v) is 3.91. The number of nitrogens with zero attached hydrogens (tertiary/aromatic N) is 1. The van der Waals surface area contributed by atoms with Gasteiger partial charge in [0, 0.05) is 9.86 Å².